The van der Waals surface area contributed by atoms with Crippen LogP contribution in [0, 0.1) is 12.7 Å². The molecule has 0 fully saturated rings. The maximum Gasteiger partial charge on any atom is 0.240 e. The van der Waals surface area contributed by atoms with E-state index in [1.54, 1.807) is 0 Å². The van der Waals surface area contributed by atoms with Gasteiger partial charge in [-0.25, -0.2) is 17.5 Å². The zero-order valence-corrected chi connectivity index (χ0v) is 13.5. The van der Waals surface area contributed by atoms with Crippen molar-refractivity contribution in [3.8, 4) is 0 Å². The molecule has 2 N–H and O–H groups in total. The zero-order valence-electron chi connectivity index (χ0n) is 12.7. The van der Waals surface area contributed by atoms with Crippen LogP contribution in [0.1, 0.15) is 16.7 Å². The third-order valence-electron chi connectivity index (χ3n) is 4.19. The monoisotopic (exact) mass is 335 g/mol. The highest BCUT2D eigenvalue weighted by Gasteiger charge is 2.36. The minimum Gasteiger partial charge on any atom is -0.388 e. The molecule has 0 aromatic heterocycles. The molecule has 0 atom stereocenters. The van der Waals surface area contributed by atoms with E-state index in [-0.39, 0.29) is 17.0 Å². The van der Waals surface area contributed by atoms with E-state index in [0.29, 0.717) is 12.8 Å². The van der Waals surface area contributed by atoms with Crippen LogP contribution in [0.4, 0.5) is 4.39 Å². The van der Waals surface area contributed by atoms with Crippen LogP contribution < -0.4 is 4.72 Å². The topological polar surface area (TPSA) is 66.4 Å². The number of fused-ring (bicyclic) bond motifs is 1. The fourth-order valence-corrected chi connectivity index (χ4v) is 4.10. The van der Waals surface area contributed by atoms with Crippen LogP contribution in [0.2, 0.25) is 0 Å². The molecular formula is C17H18FNO3S. The first kappa shape index (κ1) is 16.1. The van der Waals surface area contributed by atoms with E-state index in [9.17, 15) is 17.9 Å². The van der Waals surface area contributed by atoms with Crippen LogP contribution in [0.3, 0.4) is 0 Å². The number of hydrogen-bond donors (Lipinski definition) is 2. The van der Waals surface area contributed by atoms with E-state index < -0.39 is 21.4 Å². The SMILES string of the molecule is Cc1cc(S(=O)(=O)NCC2(O)Cc3ccccc3C2)ccc1F. The number of halogens is 1. The van der Waals surface area contributed by atoms with E-state index in [1.165, 1.54) is 19.1 Å². The number of rotatable bonds is 4. The second-order valence-electron chi connectivity index (χ2n) is 6.08. The van der Waals surface area contributed by atoms with Gasteiger partial charge in [0.25, 0.3) is 0 Å². The van der Waals surface area contributed by atoms with Gasteiger partial charge in [-0.1, -0.05) is 24.3 Å². The number of aliphatic hydroxyl groups is 1. The van der Waals surface area contributed by atoms with Gasteiger partial charge in [0.15, 0.2) is 0 Å². The van der Waals surface area contributed by atoms with Crippen molar-refractivity contribution in [3.05, 3.63) is 65.0 Å². The molecule has 0 aliphatic heterocycles. The summed E-state index contributed by atoms with van der Waals surface area (Å²) in [5, 5.41) is 10.6. The lowest BCUT2D eigenvalue weighted by atomic mass is 10.0. The Morgan fingerprint density at radius 2 is 1.78 bits per heavy atom. The van der Waals surface area contributed by atoms with Gasteiger partial charge < -0.3 is 5.11 Å². The van der Waals surface area contributed by atoms with Gasteiger partial charge in [0, 0.05) is 19.4 Å². The number of hydrogen-bond acceptors (Lipinski definition) is 3. The highest BCUT2D eigenvalue weighted by molar-refractivity contribution is 7.89. The molecule has 23 heavy (non-hydrogen) atoms. The lowest BCUT2D eigenvalue weighted by molar-refractivity contribution is 0.0567. The van der Waals surface area contributed by atoms with Crippen molar-refractivity contribution in [2.45, 2.75) is 30.3 Å². The molecule has 1 aliphatic carbocycles. The standard InChI is InChI=1S/C17H18FNO3S/c1-12-8-15(6-7-16(12)18)23(21,22)19-11-17(20)9-13-4-2-3-5-14(13)10-17/h2-8,19-20H,9-11H2,1H3. The Kier molecular flexibility index (Phi) is 4.00. The summed E-state index contributed by atoms with van der Waals surface area (Å²) < 4.78 is 40.4. The normalized spacial score (nSPS) is 16.3. The minimum absolute atomic E-state index is 0.00416. The average molecular weight is 335 g/mol. The molecule has 0 radical (unpaired) electrons. The maximum absolute atomic E-state index is 13.3. The third kappa shape index (κ3) is 3.29. The van der Waals surface area contributed by atoms with Crippen molar-refractivity contribution >= 4 is 10.0 Å². The Labute approximate surface area is 135 Å². The fraction of sp³-hybridized carbons (Fsp3) is 0.294. The lowest BCUT2D eigenvalue weighted by Crippen LogP contribution is -2.43. The Morgan fingerprint density at radius 1 is 1.17 bits per heavy atom. The molecule has 1 aliphatic rings. The predicted octanol–water partition coefficient (Wildman–Crippen LogP) is 1.94. The molecule has 3 rings (SSSR count). The van der Waals surface area contributed by atoms with Crippen LogP contribution in [0.25, 0.3) is 0 Å². The highest BCUT2D eigenvalue weighted by Crippen LogP contribution is 2.29. The molecule has 0 saturated heterocycles. The second-order valence-corrected chi connectivity index (χ2v) is 7.85. The van der Waals surface area contributed by atoms with Gasteiger partial charge in [-0.2, -0.15) is 0 Å². The van der Waals surface area contributed by atoms with Crippen LogP contribution in [0.15, 0.2) is 47.4 Å². The van der Waals surface area contributed by atoms with E-state index in [2.05, 4.69) is 4.72 Å². The van der Waals surface area contributed by atoms with Crippen molar-refractivity contribution < 1.29 is 17.9 Å². The molecule has 122 valence electrons. The molecule has 2 aromatic rings. The zero-order chi connectivity index (χ0) is 16.7. The minimum atomic E-state index is -3.79. The summed E-state index contributed by atoms with van der Waals surface area (Å²) in [5.41, 5.74) is 1.20. The van der Waals surface area contributed by atoms with Gasteiger partial charge >= 0.3 is 0 Å². The maximum atomic E-state index is 13.3. The number of benzene rings is 2. The van der Waals surface area contributed by atoms with Gasteiger partial charge in [0.2, 0.25) is 10.0 Å². The van der Waals surface area contributed by atoms with Gasteiger partial charge in [-0.15, -0.1) is 0 Å². The molecular weight excluding hydrogens is 317 g/mol. The summed E-state index contributed by atoms with van der Waals surface area (Å²) in [7, 11) is -3.79. The van der Waals surface area contributed by atoms with Crippen LogP contribution in [-0.4, -0.2) is 25.7 Å². The van der Waals surface area contributed by atoms with E-state index in [1.807, 2.05) is 24.3 Å². The Morgan fingerprint density at radius 3 is 2.35 bits per heavy atom. The fourth-order valence-electron chi connectivity index (χ4n) is 2.90. The van der Waals surface area contributed by atoms with Crippen LogP contribution in [0.5, 0.6) is 0 Å². The van der Waals surface area contributed by atoms with Gasteiger partial charge in [-0.05, 0) is 41.8 Å². The number of sulfonamides is 1. The van der Waals surface area contributed by atoms with Crippen molar-refractivity contribution in [1.29, 1.82) is 0 Å². The average Bonchev–Trinajstić information content (AvgIpc) is 2.85. The van der Waals surface area contributed by atoms with Crippen molar-refractivity contribution in [1.82, 2.24) is 4.72 Å². The number of aryl methyl sites for hydroxylation is 1. The first-order valence-electron chi connectivity index (χ1n) is 7.34. The highest BCUT2D eigenvalue weighted by atomic mass is 32.2. The summed E-state index contributed by atoms with van der Waals surface area (Å²) in [6, 6.07) is 11.3. The molecule has 0 spiro atoms. The summed E-state index contributed by atoms with van der Waals surface area (Å²) in [6.07, 6.45) is 0.822. The van der Waals surface area contributed by atoms with Gasteiger partial charge in [-0.3, -0.25) is 0 Å². The predicted molar refractivity (Wildman–Crippen MR) is 85.1 cm³/mol. The summed E-state index contributed by atoms with van der Waals surface area (Å²) >= 11 is 0. The largest absolute Gasteiger partial charge is 0.388 e. The molecule has 0 bridgehead atoms. The Balaban J connectivity index is 1.74. The summed E-state index contributed by atoms with van der Waals surface area (Å²) in [5.74, 6) is -0.450. The summed E-state index contributed by atoms with van der Waals surface area (Å²) in [4.78, 5) is -0.00416. The van der Waals surface area contributed by atoms with Crippen LogP contribution in [-0.2, 0) is 22.9 Å². The van der Waals surface area contributed by atoms with Crippen molar-refractivity contribution in [3.63, 3.8) is 0 Å². The molecule has 2 aromatic carbocycles. The quantitative estimate of drug-likeness (QED) is 0.897. The van der Waals surface area contributed by atoms with Gasteiger partial charge in [0.1, 0.15) is 5.82 Å². The molecule has 4 nitrogen and oxygen atoms in total. The van der Waals surface area contributed by atoms with Crippen molar-refractivity contribution in [2.75, 3.05) is 6.54 Å². The summed E-state index contributed by atoms with van der Waals surface area (Å²) in [6.45, 7) is 1.43. The molecule has 0 saturated carbocycles. The smallest absolute Gasteiger partial charge is 0.240 e. The molecule has 6 heteroatoms. The molecule has 0 heterocycles. The van der Waals surface area contributed by atoms with Gasteiger partial charge in [0.05, 0.1) is 10.5 Å². The van der Waals surface area contributed by atoms with E-state index in [0.717, 1.165) is 17.2 Å². The Hall–Kier alpha value is -1.76. The molecule has 0 unspecified atom stereocenters. The van der Waals surface area contributed by atoms with Crippen molar-refractivity contribution in [2.24, 2.45) is 0 Å². The molecule has 0 amide bonds. The third-order valence-corrected chi connectivity index (χ3v) is 5.59. The first-order valence-corrected chi connectivity index (χ1v) is 8.82. The van der Waals surface area contributed by atoms with Crippen LogP contribution >= 0.6 is 0 Å². The van der Waals surface area contributed by atoms with E-state index >= 15 is 0 Å². The second kappa shape index (κ2) is 5.70. The first-order chi connectivity index (χ1) is 10.8. The lowest BCUT2D eigenvalue weighted by Gasteiger charge is -2.22. The number of nitrogens with one attached hydrogen (secondary N) is 1. The Bertz CT molecular complexity index is 824. The van der Waals surface area contributed by atoms with E-state index in [4.69, 9.17) is 0 Å².